The Bertz CT molecular complexity index is 1170. The van der Waals surface area contributed by atoms with Gasteiger partial charge in [-0.25, -0.2) is 9.78 Å². The van der Waals surface area contributed by atoms with Crippen molar-refractivity contribution in [2.45, 2.75) is 51.9 Å². The fourth-order valence-corrected chi connectivity index (χ4v) is 4.37. The quantitative estimate of drug-likeness (QED) is 0.315. The highest BCUT2D eigenvalue weighted by atomic mass is 16.6. The predicted octanol–water partition coefficient (Wildman–Crippen LogP) is 5.62. The topological polar surface area (TPSA) is 101 Å². The number of likely N-dealkylation sites (tertiary alicyclic amines) is 1. The molecular formula is C28H33N5O4. The minimum atomic E-state index is -0.581. The molecule has 1 aliphatic heterocycles. The summed E-state index contributed by atoms with van der Waals surface area (Å²) in [5, 5.41) is 15.7. The van der Waals surface area contributed by atoms with Gasteiger partial charge in [0, 0.05) is 38.4 Å². The van der Waals surface area contributed by atoms with Crippen LogP contribution in [0.5, 0.6) is 0 Å². The number of benzene rings is 2. The molecule has 1 aromatic heterocycles. The molecule has 0 unspecified atom stereocenters. The minimum Gasteiger partial charge on any atom is -0.444 e. The molecule has 1 atom stereocenters. The number of nitrogens with one attached hydrogen (secondary N) is 1. The van der Waals surface area contributed by atoms with Gasteiger partial charge in [-0.3, -0.25) is 10.1 Å². The van der Waals surface area contributed by atoms with Crippen LogP contribution < -0.4 is 10.2 Å². The summed E-state index contributed by atoms with van der Waals surface area (Å²) in [6.07, 6.45) is 1.87. The monoisotopic (exact) mass is 503 g/mol. The van der Waals surface area contributed by atoms with Gasteiger partial charge in [-0.15, -0.1) is 0 Å². The summed E-state index contributed by atoms with van der Waals surface area (Å²) in [6, 6.07) is 21.2. The van der Waals surface area contributed by atoms with Crippen molar-refractivity contribution >= 4 is 23.3 Å². The smallest absolute Gasteiger partial charge is 0.410 e. The lowest BCUT2D eigenvalue weighted by molar-refractivity contribution is -0.383. The van der Waals surface area contributed by atoms with E-state index in [0.29, 0.717) is 44.1 Å². The molecule has 2 heterocycles. The van der Waals surface area contributed by atoms with Gasteiger partial charge in [0.1, 0.15) is 11.3 Å². The van der Waals surface area contributed by atoms with Gasteiger partial charge >= 0.3 is 11.8 Å². The maximum absolute atomic E-state index is 12.5. The molecule has 3 aromatic rings. The van der Waals surface area contributed by atoms with Gasteiger partial charge in [-0.2, -0.15) is 0 Å². The normalized spacial score (nSPS) is 15.3. The number of carbonyl (C=O) groups is 1. The number of aromatic nitrogens is 1. The molecule has 0 spiro atoms. The van der Waals surface area contributed by atoms with Crippen LogP contribution in [0.4, 0.5) is 22.0 Å². The number of nitro groups is 1. The van der Waals surface area contributed by atoms with Crippen LogP contribution in [0.15, 0.2) is 72.9 Å². The standard InChI is InChI=1S/C28H33N5O4/c1-28(2,3)37-27(34)31-17-15-23(20-31)30-24-14-16-29-26(25(24)33(35)36)32(18-21-10-6-4-7-11-21)19-22-12-8-5-9-13-22/h4-14,16,23H,15,17-20H2,1-3H3,(H,29,30)/t23-/m1/s1. The first kappa shape index (κ1) is 25.9. The number of hydrogen-bond donors (Lipinski definition) is 1. The van der Waals surface area contributed by atoms with Crippen molar-refractivity contribution in [1.29, 1.82) is 0 Å². The van der Waals surface area contributed by atoms with Crippen LogP contribution in [0.25, 0.3) is 0 Å². The van der Waals surface area contributed by atoms with E-state index in [2.05, 4.69) is 10.3 Å². The van der Waals surface area contributed by atoms with Crippen LogP contribution in [-0.2, 0) is 17.8 Å². The van der Waals surface area contributed by atoms with E-state index in [-0.39, 0.29) is 22.7 Å². The first-order chi connectivity index (χ1) is 17.7. The predicted molar refractivity (Wildman–Crippen MR) is 143 cm³/mol. The van der Waals surface area contributed by atoms with E-state index in [0.717, 1.165) is 11.1 Å². The van der Waals surface area contributed by atoms with Crippen LogP contribution in [-0.4, -0.2) is 45.6 Å². The molecule has 9 nitrogen and oxygen atoms in total. The number of rotatable bonds is 8. The average Bonchev–Trinajstić information content (AvgIpc) is 3.32. The lowest BCUT2D eigenvalue weighted by Crippen LogP contribution is -2.36. The Morgan fingerprint density at radius 3 is 2.22 bits per heavy atom. The first-order valence-electron chi connectivity index (χ1n) is 12.4. The average molecular weight is 504 g/mol. The molecule has 1 saturated heterocycles. The summed E-state index contributed by atoms with van der Waals surface area (Å²) >= 11 is 0. The Balaban J connectivity index is 1.60. The van der Waals surface area contributed by atoms with E-state index in [1.54, 1.807) is 17.2 Å². The third kappa shape index (κ3) is 6.97. The Morgan fingerprint density at radius 1 is 1.08 bits per heavy atom. The molecule has 1 aliphatic rings. The molecule has 9 heteroatoms. The van der Waals surface area contributed by atoms with Gasteiger partial charge in [-0.1, -0.05) is 60.7 Å². The molecule has 1 N–H and O–H groups in total. The highest BCUT2D eigenvalue weighted by molar-refractivity contribution is 5.74. The first-order valence-corrected chi connectivity index (χ1v) is 12.4. The van der Waals surface area contributed by atoms with Crippen LogP contribution in [0.1, 0.15) is 38.3 Å². The highest BCUT2D eigenvalue weighted by Crippen LogP contribution is 2.36. The Kier molecular flexibility index (Phi) is 7.91. The molecule has 2 aromatic carbocycles. The number of anilines is 2. The Morgan fingerprint density at radius 2 is 1.68 bits per heavy atom. The third-order valence-electron chi connectivity index (χ3n) is 6.02. The summed E-state index contributed by atoms with van der Waals surface area (Å²) < 4.78 is 5.48. The van der Waals surface area contributed by atoms with Crippen molar-refractivity contribution in [3.8, 4) is 0 Å². The molecule has 194 valence electrons. The van der Waals surface area contributed by atoms with Gasteiger partial charge in [0.15, 0.2) is 0 Å². The van der Waals surface area contributed by atoms with E-state index in [4.69, 9.17) is 4.74 Å². The summed E-state index contributed by atoms with van der Waals surface area (Å²) in [5.74, 6) is 0.296. The number of ether oxygens (including phenoxy) is 1. The van der Waals surface area contributed by atoms with Gasteiger partial charge in [0.05, 0.1) is 4.92 Å². The van der Waals surface area contributed by atoms with E-state index >= 15 is 0 Å². The fourth-order valence-electron chi connectivity index (χ4n) is 4.37. The van der Waals surface area contributed by atoms with Crippen molar-refractivity contribution in [2.75, 3.05) is 23.3 Å². The molecule has 4 rings (SSSR count). The molecule has 0 aliphatic carbocycles. The zero-order chi connectivity index (χ0) is 26.4. The maximum atomic E-state index is 12.5. The van der Waals surface area contributed by atoms with Gasteiger partial charge in [-0.05, 0) is 44.4 Å². The second-order valence-electron chi connectivity index (χ2n) is 10.2. The zero-order valence-corrected chi connectivity index (χ0v) is 21.5. The molecule has 1 amide bonds. The largest absolute Gasteiger partial charge is 0.444 e. The molecule has 37 heavy (non-hydrogen) atoms. The molecule has 0 saturated carbocycles. The molecule has 0 radical (unpaired) electrons. The summed E-state index contributed by atoms with van der Waals surface area (Å²) in [5.41, 5.74) is 1.78. The highest BCUT2D eigenvalue weighted by Gasteiger charge is 2.32. The number of nitrogens with zero attached hydrogens (tertiary/aromatic N) is 4. The maximum Gasteiger partial charge on any atom is 0.410 e. The number of amides is 1. The van der Waals surface area contributed by atoms with Gasteiger partial charge < -0.3 is 19.9 Å². The number of hydrogen-bond acceptors (Lipinski definition) is 7. The Labute approximate surface area is 217 Å². The summed E-state index contributed by atoms with van der Waals surface area (Å²) in [4.78, 5) is 32.5. The van der Waals surface area contributed by atoms with Crippen molar-refractivity contribution in [2.24, 2.45) is 0 Å². The lowest BCUT2D eigenvalue weighted by Gasteiger charge is -2.25. The third-order valence-corrected chi connectivity index (χ3v) is 6.02. The molecule has 0 bridgehead atoms. The van der Waals surface area contributed by atoms with Crippen molar-refractivity contribution < 1.29 is 14.5 Å². The van der Waals surface area contributed by atoms with Crippen molar-refractivity contribution in [3.05, 3.63) is 94.2 Å². The van der Waals surface area contributed by atoms with E-state index < -0.39 is 5.60 Å². The lowest BCUT2D eigenvalue weighted by atomic mass is 10.1. The zero-order valence-electron chi connectivity index (χ0n) is 21.5. The Hall–Kier alpha value is -4.14. The van der Waals surface area contributed by atoms with Crippen molar-refractivity contribution in [3.63, 3.8) is 0 Å². The van der Waals surface area contributed by atoms with Crippen LogP contribution in [0.2, 0.25) is 0 Å². The molecule has 1 fully saturated rings. The van der Waals surface area contributed by atoms with Crippen LogP contribution >= 0.6 is 0 Å². The van der Waals surface area contributed by atoms with Crippen LogP contribution in [0, 0.1) is 10.1 Å². The van der Waals surface area contributed by atoms with Crippen LogP contribution in [0.3, 0.4) is 0 Å². The summed E-state index contributed by atoms with van der Waals surface area (Å²) in [6.45, 7) is 7.33. The SMILES string of the molecule is CC(C)(C)OC(=O)N1CC[C@@H](Nc2ccnc(N(Cc3ccccc3)Cc3ccccc3)c2[N+](=O)[O-])C1. The van der Waals surface area contributed by atoms with E-state index in [1.165, 1.54) is 0 Å². The fraction of sp³-hybridized carbons (Fsp3) is 0.357. The summed E-state index contributed by atoms with van der Waals surface area (Å²) in [7, 11) is 0. The van der Waals surface area contributed by atoms with E-state index in [1.807, 2.05) is 86.3 Å². The second kappa shape index (κ2) is 11.3. The van der Waals surface area contributed by atoms with Crippen molar-refractivity contribution in [1.82, 2.24) is 9.88 Å². The van der Waals surface area contributed by atoms with E-state index in [9.17, 15) is 14.9 Å². The minimum absolute atomic E-state index is 0.0786. The van der Waals surface area contributed by atoms with Gasteiger partial charge in [0.25, 0.3) is 0 Å². The van der Waals surface area contributed by atoms with Gasteiger partial charge in [0.2, 0.25) is 5.82 Å². The number of carbonyl (C=O) groups excluding carboxylic acids is 1. The second-order valence-corrected chi connectivity index (χ2v) is 10.2. The number of pyridine rings is 1. The molecular weight excluding hydrogens is 470 g/mol.